The molecule has 1 aromatic heterocycles. The van der Waals surface area contributed by atoms with E-state index in [0.717, 1.165) is 25.6 Å². The molecule has 2 unspecified atom stereocenters. The summed E-state index contributed by atoms with van der Waals surface area (Å²) >= 11 is 10.6. The molecule has 26 heavy (non-hydrogen) atoms. The van der Waals surface area contributed by atoms with Gasteiger partial charge in [0.25, 0.3) is 0 Å². The van der Waals surface area contributed by atoms with E-state index < -0.39 is 5.41 Å². The quantitative estimate of drug-likeness (QED) is 0.150. The van der Waals surface area contributed by atoms with E-state index in [2.05, 4.69) is 123 Å². The van der Waals surface area contributed by atoms with Crippen LogP contribution in [0.4, 0.5) is 15.2 Å². The van der Waals surface area contributed by atoms with Gasteiger partial charge in [-0.05, 0) is 105 Å². The monoisotopic (exact) mass is 834 g/mol. The first-order valence-electron chi connectivity index (χ1n) is 7.31. The van der Waals surface area contributed by atoms with Crippen molar-refractivity contribution in [1.29, 1.82) is 0 Å². The van der Waals surface area contributed by atoms with Crippen LogP contribution >= 0.6 is 111 Å². The maximum Gasteiger partial charge on any atom is 0.199 e. The van der Waals surface area contributed by atoms with Crippen molar-refractivity contribution in [2.75, 3.05) is 3.11 Å². The molecule has 0 radical (unpaired) electrons. The van der Waals surface area contributed by atoms with Gasteiger partial charge in [-0.15, -0.1) is 11.3 Å². The number of rotatable bonds is 4. The van der Waals surface area contributed by atoms with Crippen LogP contribution in [0.25, 0.3) is 11.3 Å². The molecule has 9 heteroatoms. The average molecular weight is 834 g/mol. The molecule has 2 atom stereocenters. The minimum atomic E-state index is -1.46. The van der Waals surface area contributed by atoms with Crippen molar-refractivity contribution in [1.82, 2.24) is 4.98 Å². The van der Waals surface area contributed by atoms with E-state index in [0.29, 0.717) is 5.56 Å². The zero-order valence-electron chi connectivity index (χ0n) is 13.3. The van der Waals surface area contributed by atoms with Crippen LogP contribution in [0.3, 0.4) is 0 Å². The van der Waals surface area contributed by atoms with Crippen LogP contribution in [0.15, 0.2) is 41.8 Å². The molecule has 0 aliphatic carbocycles. The molecule has 0 amide bonds. The zero-order chi connectivity index (χ0) is 19.1. The standard InChI is InChI=1S/C17H12FI4N2PS/c1-17(18,25)11-7-10(3-5-12(11)19)24(22)16-23-15(8-26-16)9-2-4-13(20)14(21)6-9/h2-8H,25H2,1H3. The van der Waals surface area contributed by atoms with E-state index in [1.165, 1.54) is 7.14 Å². The Morgan fingerprint density at radius 2 is 1.77 bits per heavy atom. The van der Waals surface area contributed by atoms with Gasteiger partial charge in [-0.2, -0.15) is 0 Å². The first kappa shape index (κ1) is 21.8. The third-order valence-electron chi connectivity index (χ3n) is 3.58. The minimum absolute atomic E-state index is 0.659. The molecule has 0 saturated carbocycles. The van der Waals surface area contributed by atoms with Crippen LogP contribution in [0, 0.1) is 10.7 Å². The van der Waals surface area contributed by atoms with Crippen LogP contribution in [-0.2, 0) is 5.41 Å². The molecule has 0 bridgehead atoms. The topological polar surface area (TPSA) is 16.1 Å². The van der Waals surface area contributed by atoms with E-state index in [9.17, 15) is 4.39 Å². The summed E-state index contributed by atoms with van der Waals surface area (Å²) in [6.45, 7) is 1.55. The Hall–Kier alpha value is 1.15. The Morgan fingerprint density at radius 1 is 1.08 bits per heavy atom. The third-order valence-corrected chi connectivity index (χ3v) is 9.86. The molecule has 1 heterocycles. The molecule has 0 spiro atoms. The molecular weight excluding hydrogens is 822 g/mol. The lowest BCUT2D eigenvalue weighted by molar-refractivity contribution is 0.322. The van der Waals surface area contributed by atoms with Crippen molar-refractivity contribution in [2.45, 2.75) is 12.3 Å². The van der Waals surface area contributed by atoms with E-state index in [1.54, 1.807) is 18.3 Å². The van der Waals surface area contributed by atoms with Gasteiger partial charge < -0.3 is 0 Å². The molecular formula is C17H12FI4N2PS. The first-order chi connectivity index (χ1) is 12.2. The van der Waals surface area contributed by atoms with Crippen LogP contribution in [0.1, 0.15) is 12.5 Å². The second-order valence-electron chi connectivity index (χ2n) is 5.66. The third kappa shape index (κ3) is 5.00. The van der Waals surface area contributed by atoms with E-state index >= 15 is 0 Å². The number of aromatic nitrogens is 1. The fourth-order valence-electron chi connectivity index (χ4n) is 2.26. The van der Waals surface area contributed by atoms with Gasteiger partial charge in [-0.1, -0.05) is 15.3 Å². The fourth-order valence-corrected chi connectivity index (χ4v) is 6.01. The van der Waals surface area contributed by atoms with Gasteiger partial charge in [0.1, 0.15) is 5.41 Å². The Kier molecular flexibility index (Phi) is 7.47. The molecule has 3 rings (SSSR count). The molecule has 2 aromatic carbocycles. The van der Waals surface area contributed by atoms with Crippen LogP contribution in [0.5, 0.6) is 0 Å². The number of benzene rings is 2. The summed E-state index contributed by atoms with van der Waals surface area (Å²) in [5.41, 5.74) is 3.62. The molecule has 0 fully saturated rings. The fraction of sp³-hybridized carbons (Fsp3) is 0.118. The maximum absolute atomic E-state index is 14.4. The Labute approximate surface area is 213 Å². The van der Waals surface area contributed by atoms with Crippen molar-refractivity contribution in [3.63, 3.8) is 0 Å². The average Bonchev–Trinajstić information content (AvgIpc) is 3.06. The molecule has 0 N–H and O–H groups in total. The van der Waals surface area contributed by atoms with E-state index in [1.807, 2.05) is 21.3 Å². The van der Waals surface area contributed by atoms with Gasteiger partial charge in [-0.3, -0.25) is 3.11 Å². The largest absolute Gasteiger partial charge is 0.258 e. The molecule has 136 valence electrons. The summed E-state index contributed by atoms with van der Waals surface area (Å²) in [5.74, 6) is 0. The minimum Gasteiger partial charge on any atom is -0.258 e. The van der Waals surface area contributed by atoms with Crippen molar-refractivity contribution >= 4 is 122 Å². The van der Waals surface area contributed by atoms with Crippen LogP contribution < -0.4 is 3.11 Å². The molecule has 0 saturated heterocycles. The second-order valence-corrected chi connectivity index (χ2v) is 12.0. The lowest BCUT2D eigenvalue weighted by Gasteiger charge is -2.20. The summed E-state index contributed by atoms with van der Waals surface area (Å²) in [4.78, 5) is 4.77. The summed E-state index contributed by atoms with van der Waals surface area (Å²) in [7, 11) is 2.27. The van der Waals surface area contributed by atoms with Crippen molar-refractivity contribution < 1.29 is 4.39 Å². The summed E-state index contributed by atoms with van der Waals surface area (Å²) in [5, 5.41) is 1.46. The number of halogens is 5. The number of thiazole rings is 1. The predicted octanol–water partition coefficient (Wildman–Crippen LogP) is 8.13. The lowest BCUT2D eigenvalue weighted by Crippen LogP contribution is -2.09. The summed E-state index contributed by atoms with van der Waals surface area (Å²) in [6, 6.07) is 12.1. The molecule has 2 nitrogen and oxygen atoms in total. The summed E-state index contributed by atoms with van der Waals surface area (Å²) in [6.07, 6.45) is 0. The van der Waals surface area contributed by atoms with Crippen molar-refractivity contribution in [2.24, 2.45) is 0 Å². The zero-order valence-corrected chi connectivity index (χ0v) is 23.9. The van der Waals surface area contributed by atoms with Crippen LogP contribution in [-0.4, -0.2) is 4.98 Å². The van der Waals surface area contributed by atoms with Gasteiger partial charge in [0, 0.05) is 27.2 Å². The smallest absolute Gasteiger partial charge is 0.199 e. The Bertz CT molecular complexity index is 958. The highest BCUT2D eigenvalue weighted by Gasteiger charge is 2.23. The highest BCUT2D eigenvalue weighted by molar-refractivity contribution is 14.1. The SMILES string of the molecule is CC(F)(P)c1cc(N(I)c2nc(-c3ccc(I)c(I)c3)cs2)ccc1I. The Balaban J connectivity index is 1.93. The van der Waals surface area contributed by atoms with Gasteiger partial charge in [0.05, 0.1) is 34.2 Å². The highest BCUT2D eigenvalue weighted by Crippen LogP contribution is 2.41. The van der Waals surface area contributed by atoms with E-state index in [-0.39, 0.29) is 0 Å². The first-order valence-corrected chi connectivity index (χ1v) is 13.0. The number of alkyl halides is 1. The van der Waals surface area contributed by atoms with Gasteiger partial charge >= 0.3 is 0 Å². The second kappa shape index (κ2) is 8.88. The predicted molar refractivity (Wildman–Crippen MR) is 146 cm³/mol. The van der Waals surface area contributed by atoms with E-state index in [4.69, 9.17) is 4.98 Å². The lowest BCUT2D eigenvalue weighted by atomic mass is 10.1. The number of nitrogens with zero attached hydrogens (tertiary/aromatic N) is 2. The number of hydrogen-bond acceptors (Lipinski definition) is 3. The van der Waals surface area contributed by atoms with Gasteiger partial charge in [-0.25, -0.2) is 9.37 Å². The molecule has 3 aromatic rings. The maximum atomic E-state index is 14.4. The number of anilines is 2. The van der Waals surface area contributed by atoms with Gasteiger partial charge in [0.15, 0.2) is 5.13 Å². The normalized spacial score (nSPS) is 13.5. The highest BCUT2D eigenvalue weighted by atomic mass is 127. The number of hydrogen-bond donors (Lipinski definition) is 0. The molecule has 0 aliphatic rings. The Morgan fingerprint density at radius 3 is 2.42 bits per heavy atom. The van der Waals surface area contributed by atoms with Crippen LogP contribution in [0.2, 0.25) is 0 Å². The van der Waals surface area contributed by atoms with Crippen molar-refractivity contribution in [3.05, 3.63) is 58.1 Å². The van der Waals surface area contributed by atoms with Crippen molar-refractivity contribution in [3.8, 4) is 11.3 Å². The molecule has 0 aliphatic heterocycles. The summed E-state index contributed by atoms with van der Waals surface area (Å²) < 4.78 is 19.8. The van der Waals surface area contributed by atoms with Gasteiger partial charge in [0.2, 0.25) is 0 Å².